The molecule has 1 aromatic carbocycles. The average Bonchev–Trinajstić information content (AvgIpc) is 3.06. The molecule has 4 heteroatoms. The number of aromatic nitrogens is 1. The van der Waals surface area contributed by atoms with E-state index in [-0.39, 0.29) is 0 Å². The topological polar surface area (TPSA) is 24.9 Å². The van der Waals surface area contributed by atoms with Crippen molar-refractivity contribution in [1.29, 1.82) is 0 Å². The molecule has 0 fully saturated rings. The van der Waals surface area contributed by atoms with Crippen molar-refractivity contribution in [2.75, 3.05) is 7.05 Å². The van der Waals surface area contributed by atoms with Crippen LogP contribution in [0.25, 0.3) is 10.2 Å². The van der Waals surface area contributed by atoms with Crippen molar-refractivity contribution < 1.29 is 0 Å². The molecule has 0 aliphatic carbocycles. The third-order valence-corrected chi connectivity index (χ3v) is 5.15. The zero-order valence-electron chi connectivity index (χ0n) is 10.8. The van der Waals surface area contributed by atoms with E-state index in [1.54, 1.807) is 11.3 Å². The van der Waals surface area contributed by atoms with Crippen molar-refractivity contribution in [1.82, 2.24) is 10.3 Å². The van der Waals surface area contributed by atoms with Gasteiger partial charge in [0.2, 0.25) is 0 Å². The van der Waals surface area contributed by atoms with Crippen molar-refractivity contribution in [3.8, 4) is 0 Å². The SMILES string of the molecule is CNC(Cc1cccs1)Cc1nc2ccccc2s1. The second-order valence-electron chi connectivity index (χ2n) is 4.55. The van der Waals surface area contributed by atoms with Gasteiger partial charge in [0, 0.05) is 17.3 Å². The molecule has 0 bridgehead atoms. The molecular formula is C15H16N2S2. The minimum absolute atomic E-state index is 0.458. The Morgan fingerprint density at radius 3 is 2.79 bits per heavy atom. The summed E-state index contributed by atoms with van der Waals surface area (Å²) >= 11 is 3.63. The van der Waals surface area contributed by atoms with Crippen LogP contribution in [0.15, 0.2) is 41.8 Å². The number of hydrogen-bond acceptors (Lipinski definition) is 4. The molecule has 0 amide bonds. The van der Waals surface area contributed by atoms with Crippen LogP contribution < -0.4 is 5.32 Å². The molecule has 2 heterocycles. The van der Waals surface area contributed by atoms with Crippen LogP contribution in [0.5, 0.6) is 0 Å². The van der Waals surface area contributed by atoms with E-state index < -0.39 is 0 Å². The van der Waals surface area contributed by atoms with Crippen LogP contribution in [0.1, 0.15) is 9.88 Å². The van der Waals surface area contributed by atoms with Gasteiger partial charge in [-0.05, 0) is 37.0 Å². The lowest BCUT2D eigenvalue weighted by molar-refractivity contribution is 0.559. The second-order valence-corrected chi connectivity index (χ2v) is 6.70. The van der Waals surface area contributed by atoms with Gasteiger partial charge in [-0.1, -0.05) is 18.2 Å². The summed E-state index contributed by atoms with van der Waals surface area (Å²) < 4.78 is 1.28. The number of thiophene rings is 1. The smallest absolute Gasteiger partial charge is 0.0954 e. The summed E-state index contributed by atoms with van der Waals surface area (Å²) in [5.74, 6) is 0. The number of thiazole rings is 1. The Kier molecular flexibility index (Phi) is 3.92. The fourth-order valence-corrected chi connectivity index (χ4v) is 4.00. The number of rotatable bonds is 5. The predicted octanol–water partition coefficient (Wildman–Crippen LogP) is 3.73. The molecule has 1 unspecified atom stereocenters. The molecule has 0 aliphatic heterocycles. The average molecular weight is 288 g/mol. The molecule has 0 saturated carbocycles. The van der Waals surface area contributed by atoms with Crippen molar-refractivity contribution in [2.45, 2.75) is 18.9 Å². The first-order chi connectivity index (χ1) is 9.35. The lowest BCUT2D eigenvalue weighted by atomic mass is 10.1. The number of hydrogen-bond donors (Lipinski definition) is 1. The van der Waals surface area contributed by atoms with Crippen molar-refractivity contribution in [3.63, 3.8) is 0 Å². The quantitative estimate of drug-likeness (QED) is 0.774. The van der Waals surface area contributed by atoms with Crippen LogP contribution in [0.2, 0.25) is 0 Å². The van der Waals surface area contributed by atoms with E-state index in [1.165, 1.54) is 14.6 Å². The lowest BCUT2D eigenvalue weighted by Crippen LogP contribution is -2.29. The molecule has 19 heavy (non-hydrogen) atoms. The first-order valence-corrected chi connectivity index (χ1v) is 8.09. The van der Waals surface area contributed by atoms with E-state index in [4.69, 9.17) is 4.98 Å². The van der Waals surface area contributed by atoms with Crippen molar-refractivity contribution in [2.24, 2.45) is 0 Å². The Morgan fingerprint density at radius 2 is 2.05 bits per heavy atom. The van der Waals surface area contributed by atoms with Gasteiger partial charge in [-0.15, -0.1) is 22.7 Å². The van der Waals surface area contributed by atoms with Crippen molar-refractivity contribution in [3.05, 3.63) is 51.7 Å². The van der Waals surface area contributed by atoms with E-state index in [2.05, 4.69) is 41.0 Å². The van der Waals surface area contributed by atoms with Crippen LogP contribution in [0, 0.1) is 0 Å². The molecular weight excluding hydrogens is 272 g/mol. The van der Waals surface area contributed by atoms with E-state index in [0.717, 1.165) is 18.4 Å². The monoisotopic (exact) mass is 288 g/mol. The van der Waals surface area contributed by atoms with E-state index in [0.29, 0.717) is 6.04 Å². The Labute approximate surface area is 121 Å². The third-order valence-electron chi connectivity index (χ3n) is 3.20. The zero-order chi connectivity index (χ0) is 13.1. The fourth-order valence-electron chi connectivity index (χ4n) is 2.17. The zero-order valence-corrected chi connectivity index (χ0v) is 12.4. The largest absolute Gasteiger partial charge is 0.316 e. The molecule has 0 aliphatic rings. The summed E-state index contributed by atoms with van der Waals surface area (Å²) in [4.78, 5) is 6.14. The minimum Gasteiger partial charge on any atom is -0.316 e. The van der Waals surface area contributed by atoms with Crippen LogP contribution in [0.4, 0.5) is 0 Å². The number of fused-ring (bicyclic) bond motifs is 1. The van der Waals surface area contributed by atoms with Gasteiger partial charge in [0.1, 0.15) is 0 Å². The highest BCUT2D eigenvalue weighted by molar-refractivity contribution is 7.18. The third kappa shape index (κ3) is 3.03. The molecule has 3 aromatic rings. The Hall–Kier alpha value is -1.23. The van der Waals surface area contributed by atoms with E-state index in [1.807, 2.05) is 24.5 Å². The fraction of sp³-hybridized carbons (Fsp3) is 0.267. The first kappa shape index (κ1) is 12.8. The predicted molar refractivity (Wildman–Crippen MR) is 84.2 cm³/mol. The number of benzene rings is 1. The number of nitrogens with one attached hydrogen (secondary N) is 1. The summed E-state index contributed by atoms with van der Waals surface area (Å²) in [6, 6.07) is 13.1. The Balaban J connectivity index is 1.74. The Morgan fingerprint density at radius 1 is 1.16 bits per heavy atom. The molecule has 3 rings (SSSR count). The summed E-state index contributed by atoms with van der Waals surface area (Å²) in [5.41, 5.74) is 1.12. The van der Waals surface area contributed by atoms with Crippen LogP contribution in [-0.4, -0.2) is 18.1 Å². The van der Waals surface area contributed by atoms with Gasteiger partial charge in [0.05, 0.1) is 15.2 Å². The highest BCUT2D eigenvalue weighted by atomic mass is 32.1. The number of para-hydroxylation sites is 1. The highest BCUT2D eigenvalue weighted by Gasteiger charge is 2.12. The van der Waals surface area contributed by atoms with Gasteiger partial charge < -0.3 is 5.32 Å². The maximum Gasteiger partial charge on any atom is 0.0954 e. The minimum atomic E-state index is 0.458. The highest BCUT2D eigenvalue weighted by Crippen LogP contribution is 2.23. The van der Waals surface area contributed by atoms with E-state index in [9.17, 15) is 0 Å². The van der Waals surface area contributed by atoms with Crippen LogP contribution in [0.3, 0.4) is 0 Å². The molecule has 1 atom stereocenters. The van der Waals surface area contributed by atoms with Crippen molar-refractivity contribution >= 4 is 32.9 Å². The van der Waals surface area contributed by atoms with Gasteiger partial charge in [-0.2, -0.15) is 0 Å². The summed E-state index contributed by atoms with van der Waals surface area (Å²) in [7, 11) is 2.03. The van der Waals surface area contributed by atoms with Crippen LogP contribution >= 0.6 is 22.7 Å². The normalized spacial score (nSPS) is 12.9. The molecule has 1 N–H and O–H groups in total. The molecule has 2 aromatic heterocycles. The Bertz CT molecular complexity index is 610. The van der Waals surface area contributed by atoms with Gasteiger partial charge >= 0.3 is 0 Å². The summed E-state index contributed by atoms with van der Waals surface area (Å²) in [6.45, 7) is 0. The molecule has 98 valence electrons. The summed E-state index contributed by atoms with van der Waals surface area (Å²) in [5, 5.41) is 6.76. The lowest BCUT2D eigenvalue weighted by Gasteiger charge is -2.13. The van der Waals surface area contributed by atoms with Gasteiger partial charge in [0.15, 0.2) is 0 Å². The maximum atomic E-state index is 4.71. The molecule has 0 spiro atoms. The second kappa shape index (κ2) is 5.82. The van der Waals surface area contributed by atoms with Gasteiger partial charge in [0.25, 0.3) is 0 Å². The molecule has 0 saturated heterocycles. The van der Waals surface area contributed by atoms with E-state index >= 15 is 0 Å². The molecule has 2 nitrogen and oxygen atoms in total. The van der Waals surface area contributed by atoms with Crippen LogP contribution in [-0.2, 0) is 12.8 Å². The number of likely N-dealkylation sites (N-methyl/N-ethyl adjacent to an activating group) is 1. The summed E-state index contributed by atoms with van der Waals surface area (Å²) in [6.07, 6.45) is 2.07. The van der Waals surface area contributed by atoms with Gasteiger partial charge in [-0.25, -0.2) is 4.98 Å². The number of nitrogens with zero attached hydrogens (tertiary/aromatic N) is 1. The molecule has 0 radical (unpaired) electrons. The standard InChI is InChI=1S/C15H16N2S2/c1-16-11(9-12-5-4-8-18-12)10-15-17-13-6-2-3-7-14(13)19-15/h2-8,11,16H,9-10H2,1H3. The first-order valence-electron chi connectivity index (χ1n) is 6.39. The van der Waals surface area contributed by atoms with Gasteiger partial charge in [-0.3, -0.25) is 0 Å². The maximum absolute atomic E-state index is 4.71.